The number of pyridine rings is 1. The van der Waals surface area contributed by atoms with Crippen LogP contribution in [0.1, 0.15) is 22.5 Å². The van der Waals surface area contributed by atoms with E-state index in [1.54, 1.807) is 12.1 Å². The molecule has 0 aromatic carbocycles. The Balaban J connectivity index is 2.90. The van der Waals surface area contributed by atoms with Crippen molar-refractivity contribution in [2.45, 2.75) is 6.42 Å². The van der Waals surface area contributed by atoms with Crippen molar-refractivity contribution in [3.8, 4) is 11.8 Å². The summed E-state index contributed by atoms with van der Waals surface area (Å²) >= 11 is 0. The molecule has 0 atom stereocenters. The summed E-state index contributed by atoms with van der Waals surface area (Å²) in [4.78, 5) is 26.1. The molecule has 0 amide bonds. The highest BCUT2D eigenvalue weighted by molar-refractivity contribution is 5.90. The minimum atomic E-state index is -0.562. The summed E-state index contributed by atoms with van der Waals surface area (Å²) in [5.41, 5.74) is 0.551. The molecule has 0 fully saturated rings. The average molecular weight is 233 g/mol. The SMILES string of the molecule is COC(=O)CC#Cc1cccnc1C(=O)OC. The number of nitrogens with zero attached hydrogens (tertiary/aromatic N) is 1. The van der Waals surface area contributed by atoms with Crippen LogP contribution in [0.25, 0.3) is 0 Å². The van der Waals surface area contributed by atoms with E-state index in [9.17, 15) is 9.59 Å². The van der Waals surface area contributed by atoms with Gasteiger partial charge in [-0.25, -0.2) is 9.78 Å². The fraction of sp³-hybridized carbons (Fsp3) is 0.250. The van der Waals surface area contributed by atoms with Crippen LogP contribution in [0.2, 0.25) is 0 Å². The van der Waals surface area contributed by atoms with Crippen molar-refractivity contribution in [1.82, 2.24) is 4.98 Å². The molecule has 5 nitrogen and oxygen atoms in total. The second-order valence-corrected chi connectivity index (χ2v) is 2.95. The summed E-state index contributed by atoms with van der Waals surface area (Å²) in [5.74, 6) is 4.29. The van der Waals surface area contributed by atoms with Crippen LogP contribution >= 0.6 is 0 Å². The van der Waals surface area contributed by atoms with Crippen molar-refractivity contribution >= 4 is 11.9 Å². The first kappa shape index (κ1) is 12.7. The van der Waals surface area contributed by atoms with Crippen LogP contribution in [0.15, 0.2) is 18.3 Å². The van der Waals surface area contributed by atoms with Crippen LogP contribution < -0.4 is 0 Å². The smallest absolute Gasteiger partial charge is 0.357 e. The van der Waals surface area contributed by atoms with E-state index in [0.717, 1.165) is 0 Å². The Labute approximate surface area is 98.8 Å². The summed E-state index contributed by atoms with van der Waals surface area (Å²) in [6.45, 7) is 0. The van der Waals surface area contributed by atoms with Gasteiger partial charge >= 0.3 is 11.9 Å². The maximum absolute atomic E-state index is 11.3. The molecule has 0 saturated carbocycles. The van der Waals surface area contributed by atoms with Crippen molar-refractivity contribution in [3.63, 3.8) is 0 Å². The molecule has 0 radical (unpaired) electrons. The molecule has 0 saturated heterocycles. The van der Waals surface area contributed by atoms with Crippen LogP contribution in [-0.2, 0) is 14.3 Å². The van der Waals surface area contributed by atoms with Crippen molar-refractivity contribution in [1.29, 1.82) is 0 Å². The van der Waals surface area contributed by atoms with E-state index in [4.69, 9.17) is 0 Å². The molecule has 0 aliphatic rings. The molecule has 0 bridgehead atoms. The number of hydrogen-bond donors (Lipinski definition) is 0. The molecule has 1 aromatic rings. The first-order chi connectivity index (χ1) is 8.19. The number of rotatable bonds is 2. The maximum atomic E-state index is 11.3. The quantitative estimate of drug-likeness (QED) is 0.558. The van der Waals surface area contributed by atoms with Crippen LogP contribution in [0.5, 0.6) is 0 Å². The molecule has 0 N–H and O–H groups in total. The molecular weight excluding hydrogens is 222 g/mol. The van der Waals surface area contributed by atoms with Gasteiger partial charge < -0.3 is 9.47 Å². The Morgan fingerprint density at radius 1 is 1.35 bits per heavy atom. The van der Waals surface area contributed by atoms with Gasteiger partial charge in [-0.05, 0) is 12.1 Å². The fourth-order valence-corrected chi connectivity index (χ4v) is 1.05. The highest BCUT2D eigenvalue weighted by Crippen LogP contribution is 2.05. The summed E-state index contributed by atoms with van der Waals surface area (Å²) in [7, 11) is 2.55. The van der Waals surface area contributed by atoms with Crippen molar-refractivity contribution in [2.75, 3.05) is 14.2 Å². The van der Waals surface area contributed by atoms with E-state index in [-0.39, 0.29) is 12.1 Å². The van der Waals surface area contributed by atoms with Gasteiger partial charge in [-0.2, -0.15) is 0 Å². The van der Waals surface area contributed by atoms with Gasteiger partial charge in [-0.15, -0.1) is 0 Å². The van der Waals surface area contributed by atoms with Crippen LogP contribution in [0, 0.1) is 11.8 Å². The molecule has 0 aliphatic carbocycles. The predicted octanol–water partition coefficient (Wildman–Crippen LogP) is 0.783. The molecular formula is C12H11NO4. The third kappa shape index (κ3) is 3.61. The van der Waals surface area contributed by atoms with Crippen molar-refractivity contribution in [3.05, 3.63) is 29.6 Å². The van der Waals surface area contributed by atoms with Gasteiger partial charge in [0.1, 0.15) is 6.42 Å². The number of carbonyl (C=O) groups is 2. The zero-order valence-corrected chi connectivity index (χ0v) is 9.52. The molecule has 5 heteroatoms. The number of aromatic nitrogens is 1. The highest BCUT2D eigenvalue weighted by atomic mass is 16.5. The summed E-state index contributed by atoms with van der Waals surface area (Å²) < 4.78 is 9.00. The minimum Gasteiger partial charge on any atom is -0.468 e. The molecule has 1 heterocycles. The lowest BCUT2D eigenvalue weighted by Crippen LogP contribution is -2.06. The minimum absolute atomic E-state index is 0.0357. The summed E-state index contributed by atoms with van der Waals surface area (Å²) in [5, 5.41) is 0. The molecule has 17 heavy (non-hydrogen) atoms. The van der Waals surface area contributed by atoms with E-state index in [0.29, 0.717) is 5.56 Å². The number of esters is 2. The zero-order valence-electron chi connectivity index (χ0n) is 9.52. The number of ether oxygens (including phenoxy) is 2. The Morgan fingerprint density at radius 2 is 2.12 bits per heavy atom. The lowest BCUT2D eigenvalue weighted by Gasteiger charge is -1.99. The van der Waals surface area contributed by atoms with Gasteiger partial charge in [0.2, 0.25) is 0 Å². The monoisotopic (exact) mass is 233 g/mol. The van der Waals surface area contributed by atoms with E-state index in [2.05, 4.69) is 26.3 Å². The number of hydrogen-bond acceptors (Lipinski definition) is 5. The normalized spacial score (nSPS) is 8.82. The van der Waals surface area contributed by atoms with Gasteiger partial charge in [0.15, 0.2) is 5.69 Å². The average Bonchev–Trinajstić information content (AvgIpc) is 2.38. The highest BCUT2D eigenvalue weighted by Gasteiger charge is 2.10. The van der Waals surface area contributed by atoms with Gasteiger partial charge in [0.25, 0.3) is 0 Å². The Bertz CT molecular complexity index is 485. The second kappa shape index (κ2) is 6.28. The van der Waals surface area contributed by atoms with E-state index < -0.39 is 11.9 Å². The molecule has 0 unspecified atom stereocenters. The molecule has 1 aromatic heterocycles. The Hall–Kier alpha value is -2.35. The van der Waals surface area contributed by atoms with Gasteiger partial charge in [0, 0.05) is 6.20 Å². The topological polar surface area (TPSA) is 65.5 Å². The number of methoxy groups -OCH3 is 2. The fourth-order valence-electron chi connectivity index (χ4n) is 1.05. The molecule has 88 valence electrons. The standard InChI is InChI=1S/C12H11NO4/c1-16-10(14)7-3-5-9-6-4-8-13-11(9)12(15)17-2/h4,6,8H,7H2,1-2H3. The second-order valence-electron chi connectivity index (χ2n) is 2.95. The third-order valence-electron chi connectivity index (χ3n) is 1.87. The van der Waals surface area contributed by atoms with Crippen LogP contribution in [0.3, 0.4) is 0 Å². The first-order valence-corrected chi connectivity index (χ1v) is 4.78. The van der Waals surface area contributed by atoms with Gasteiger partial charge in [-0.1, -0.05) is 11.8 Å². The molecule has 0 aliphatic heterocycles. The van der Waals surface area contributed by atoms with Crippen molar-refractivity contribution < 1.29 is 19.1 Å². The van der Waals surface area contributed by atoms with Crippen LogP contribution in [0.4, 0.5) is 0 Å². The number of carbonyl (C=O) groups excluding carboxylic acids is 2. The lowest BCUT2D eigenvalue weighted by atomic mass is 10.2. The third-order valence-corrected chi connectivity index (χ3v) is 1.87. The Morgan fingerprint density at radius 3 is 2.76 bits per heavy atom. The lowest BCUT2D eigenvalue weighted by molar-refractivity contribution is -0.139. The van der Waals surface area contributed by atoms with Gasteiger partial charge in [0.05, 0.1) is 19.8 Å². The van der Waals surface area contributed by atoms with E-state index in [1.807, 2.05) is 0 Å². The molecule has 1 rings (SSSR count). The maximum Gasteiger partial charge on any atom is 0.357 e. The summed E-state index contributed by atoms with van der Waals surface area (Å²) in [6, 6.07) is 3.28. The predicted molar refractivity (Wildman–Crippen MR) is 59.1 cm³/mol. The van der Waals surface area contributed by atoms with Crippen molar-refractivity contribution in [2.24, 2.45) is 0 Å². The van der Waals surface area contributed by atoms with E-state index in [1.165, 1.54) is 20.4 Å². The first-order valence-electron chi connectivity index (χ1n) is 4.78. The van der Waals surface area contributed by atoms with E-state index >= 15 is 0 Å². The molecule has 0 spiro atoms. The largest absolute Gasteiger partial charge is 0.468 e. The Kier molecular flexibility index (Phi) is 4.70. The summed E-state index contributed by atoms with van der Waals surface area (Å²) in [6.07, 6.45) is 1.43. The van der Waals surface area contributed by atoms with Gasteiger partial charge in [-0.3, -0.25) is 4.79 Å². The van der Waals surface area contributed by atoms with Crippen LogP contribution in [-0.4, -0.2) is 31.1 Å². The zero-order chi connectivity index (χ0) is 12.7.